The number of carbonyl (C=O) groups excluding carboxylic acids is 2. The first-order valence-corrected chi connectivity index (χ1v) is 8.99. The zero-order valence-corrected chi connectivity index (χ0v) is 17.8. The Morgan fingerprint density at radius 2 is 2.11 bits per heavy atom. The van der Waals surface area contributed by atoms with Gasteiger partial charge in [0.25, 0.3) is 0 Å². The number of amides is 3. The summed E-state index contributed by atoms with van der Waals surface area (Å²) in [4.78, 5) is 30.9. The molecule has 0 spiro atoms. The van der Waals surface area contributed by atoms with Gasteiger partial charge in [-0.25, -0.2) is 4.79 Å². The summed E-state index contributed by atoms with van der Waals surface area (Å²) in [6.45, 7) is 3.60. The molecule has 0 saturated carbocycles. The topological polar surface area (TPSA) is 102 Å². The Hall–Kier alpha value is -1.82. The molecule has 0 aromatic carbocycles. The standard InChI is InChI=1S/C17H26N6O3.HI/c1-18-16(19-6-9-23-15(24)12-21-17(23)25)20-11-13(14-5-4-10-26-14)22-7-2-3-8-22;/h4-5,10,13H,2-3,6-9,11-12H2,1H3,(H,21,25)(H2,18,19,20);1H. The van der Waals surface area contributed by atoms with E-state index in [4.69, 9.17) is 4.42 Å². The van der Waals surface area contributed by atoms with Crippen molar-refractivity contribution in [1.82, 2.24) is 25.8 Å². The Kier molecular flexibility index (Phi) is 8.35. The third-order valence-corrected chi connectivity index (χ3v) is 4.70. The van der Waals surface area contributed by atoms with Gasteiger partial charge >= 0.3 is 6.03 Å². The lowest BCUT2D eigenvalue weighted by atomic mass is 10.2. The first-order chi connectivity index (χ1) is 12.7. The second-order valence-corrected chi connectivity index (χ2v) is 6.36. The van der Waals surface area contributed by atoms with E-state index in [1.54, 1.807) is 13.3 Å². The Morgan fingerprint density at radius 1 is 1.33 bits per heavy atom. The van der Waals surface area contributed by atoms with E-state index in [0.29, 0.717) is 25.6 Å². The number of aliphatic imine (C=N–C) groups is 1. The molecule has 2 aliphatic rings. The van der Waals surface area contributed by atoms with Crippen molar-refractivity contribution in [3.63, 3.8) is 0 Å². The van der Waals surface area contributed by atoms with Gasteiger partial charge in [-0.15, -0.1) is 24.0 Å². The van der Waals surface area contributed by atoms with Crippen LogP contribution in [0.5, 0.6) is 0 Å². The minimum absolute atomic E-state index is 0. The lowest BCUT2D eigenvalue weighted by Crippen LogP contribution is -2.45. The number of urea groups is 1. The van der Waals surface area contributed by atoms with E-state index in [0.717, 1.165) is 18.8 Å². The number of imide groups is 1. The van der Waals surface area contributed by atoms with Gasteiger partial charge < -0.3 is 20.4 Å². The minimum Gasteiger partial charge on any atom is -0.468 e. The zero-order chi connectivity index (χ0) is 18.4. The van der Waals surface area contributed by atoms with Crippen molar-refractivity contribution in [2.24, 2.45) is 4.99 Å². The summed E-state index contributed by atoms with van der Waals surface area (Å²) in [5, 5.41) is 8.97. The molecule has 2 saturated heterocycles. The van der Waals surface area contributed by atoms with Crippen LogP contribution < -0.4 is 16.0 Å². The largest absolute Gasteiger partial charge is 0.468 e. The maximum atomic E-state index is 11.6. The maximum absolute atomic E-state index is 11.6. The summed E-state index contributed by atoms with van der Waals surface area (Å²) in [7, 11) is 1.70. The van der Waals surface area contributed by atoms with E-state index in [1.807, 2.05) is 12.1 Å². The summed E-state index contributed by atoms with van der Waals surface area (Å²) in [6.07, 6.45) is 4.11. The van der Waals surface area contributed by atoms with E-state index in [1.165, 1.54) is 17.7 Å². The van der Waals surface area contributed by atoms with E-state index in [-0.39, 0.29) is 48.5 Å². The number of guanidine groups is 1. The molecule has 3 N–H and O–H groups in total. The first-order valence-electron chi connectivity index (χ1n) is 8.99. The smallest absolute Gasteiger partial charge is 0.324 e. The SMILES string of the molecule is CN=C(NCCN1C(=O)CNC1=O)NCC(c1ccco1)N1CCCC1.I. The van der Waals surface area contributed by atoms with Crippen LogP contribution in [0.2, 0.25) is 0 Å². The van der Waals surface area contributed by atoms with Crippen LogP contribution in [0.15, 0.2) is 27.8 Å². The Bertz CT molecular complexity index is 629. The van der Waals surface area contributed by atoms with Crippen molar-refractivity contribution in [1.29, 1.82) is 0 Å². The quantitative estimate of drug-likeness (QED) is 0.226. The van der Waals surface area contributed by atoms with Crippen molar-refractivity contribution in [2.75, 3.05) is 46.3 Å². The predicted octanol–water partition coefficient (Wildman–Crippen LogP) is 0.751. The number of hydrogen-bond donors (Lipinski definition) is 3. The molecule has 0 bridgehead atoms. The normalized spacial score (nSPS) is 19.0. The van der Waals surface area contributed by atoms with Gasteiger partial charge in [0.1, 0.15) is 5.76 Å². The second-order valence-electron chi connectivity index (χ2n) is 6.36. The first kappa shape index (κ1) is 21.5. The molecule has 2 fully saturated rings. The van der Waals surface area contributed by atoms with E-state index < -0.39 is 0 Å². The Labute approximate surface area is 175 Å². The monoisotopic (exact) mass is 490 g/mol. The van der Waals surface area contributed by atoms with Gasteiger partial charge in [-0.1, -0.05) is 0 Å². The highest BCUT2D eigenvalue weighted by molar-refractivity contribution is 14.0. The van der Waals surface area contributed by atoms with Crippen LogP contribution in [0.4, 0.5) is 4.79 Å². The molecule has 9 nitrogen and oxygen atoms in total. The number of carbonyl (C=O) groups is 2. The fraction of sp³-hybridized carbons (Fsp3) is 0.588. The van der Waals surface area contributed by atoms with Crippen LogP contribution in [0.1, 0.15) is 24.6 Å². The number of nitrogens with zero attached hydrogens (tertiary/aromatic N) is 3. The average Bonchev–Trinajstić information content (AvgIpc) is 3.39. The van der Waals surface area contributed by atoms with Crippen LogP contribution in [0.25, 0.3) is 0 Å². The van der Waals surface area contributed by atoms with Gasteiger partial charge in [0, 0.05) is 26.7 Å². The van der Waals surface area contributed by atoms with E-state index in [9.17, 15) is 9.59 Å². The van der Waals surface area contributed by atoms with Crippen molar-refractivity contribution in [3.05, 3.63) is 24.2 Å². The van der Waals surface area contributed by atoms with Gasteiger partial charge in [0.05, 0.1) is 18.8 Å². The number of hydrogen-bond acceptors (Lipinski definition) is 5. The molecular weight excluding hydrogens is 463 g/mol. The minimum atomic E-state index is -0.341. The fourth-order valence-electron chi connectivity index (χ4n) is 3.33. The van der Waals surface area contributed by atoms with Crippen LogP contribution in [0, 0.1) is 0 Å². The highest BCUT2D eigenvalue weighted by atomic mass is 127. The number of rotatable bonds is 7. The van der Waals surface area contributed by atoms with Gasteiger partial charge in [0.2, 0.25) is 5.91 Å². The molecule has 3 rings (SSSR count). The number of furan rings is 1. The lowest BCUT2D eigenvalue weighted by molar-refractivity contribution is -0.124. The summed E-state index contributed by atoms with van der Waals surface area (Å²) >= 11 is 0. The average molecular weight is 490 g/mol. The molecule has 2 aliphatic heterocycles. The third-order valence-electron chi connectivity index (χ3n) is 4.70. The highest BCUT2D eigenvalue weighted by Gasteiger charge is 2.28. The van der Waals surface area contributed by atoms with Gasteiger partial charge in [-0.3, -0.25) is 19.6 Å². The highest BCUT2D eigenvalue weighted by Crippen LogP contribution is 2.24. The number of halogens is 1. The molecule has 1 aromatic rings. The van der Waals surface area contributed by atoms with Gasteiger partial charge in [-0.05, 0) is 38.1 Å². The molecule has 0 radical (unpaired) electrons. The summed E-state index contributed by atoms with van der Waals surface area (Å²) < 4.78 is 5.62. The Balaban J connectivity index is 0.00000261. The van der Waals surface area contributed by atoms with Crippen LogP contribution in [-0.2, 0) is 4.79 Å². The number of nitrogens with one attached hydrogen (secondary N) is 3. The van der Waals surface area contributed by atoms with E-state index in [2.05, 4.69) is 25.8 Å². The summed E-state index contributed by atoms with van der Waals surface area (Å²) in [5.74, 6) is 1.37. The van der Waals surface area contributed by atoms with Gasteiger partial charge in [-0.2, -0.15) is 0 Å². The molecule has 150 valence electrons. The van der Waals surface area contributed by atoms with Gasteiger partial charge in [0.15, 0.2) is 5.96 Å². The molecule has 1 unspecified atom stereocenters. The Morgan fingerprint density at radius 3 is 2.70 bits per heavy atom. The number of likely N-dealkylation sites (tertiary alicyclic amines) is 1. The molecule has 1 aromatic heterocycles. The van der Waals surface area contributed by atoms with Crippen LogP contribution in [0.3, 0.4) is 0 Å². The fourth-order valence-corrected chi connectivity index (χ4v) is 3.33. The zero-order valence-electron chi connectivity index (χ0n) is 15.4. The molecule has 3 heterocycles. The summed E-state index contributed by atoms with van der Waals surface area (Å²) in [6, 6.07) is 3.71. The van der Waals surface area contributed by atoms with Crippen molar-refractivity contribution in [2.45, 2.75) is 18.9 Å². The molecule has 10 heteroatoms. The molecular formula is C17H27IN6O3. The van der Waals surface area contributed by atoms with Crippen molar-refractivity contribution < 1.29 is 14.0 Å². The van der Waals surface area contributed by atoms with Crippen molar-refractivity contribution >= 4 is 41.9 Å². The van der Waals surface area contributed by atoms with Crippen LogP contribution in [-0.4, -0.2) is 74.0 Å². The van der Waals surface area contributed by atoms with Crippen molar-refractivity contribution in [3.8, 4) is 0 Å². The molecule has 0 aliphatic carbocycles. The second kappa shape index (κ2) is 10.5. The van der Waals surface area contributed by atoms with E-state index >= 15 is 0 Å². The predicted molar refractivity (Wildman–Crippen MR) is 112 cm³/mol. The molecule has 1 atom stereocenters. The molecule has 3 amide bonds. The van der Waals surface area contributed by atoms with Crippen LogP contribution >= 0.6 is 24.0 Å². The third kappa shape index (κ3) is 5.58. The lowest BCUT2D eigenvalue weighted by Gasteiger charge is -2.26. The molecule has 27 heavy (non-hydrogen) atoms. The maximum Gasteiger partial charge on any atom is 0.324 e. The summed E-state index contributed by atoms with van der Waals surface area (Å²) in [5.41, 5.74) is 0.